The summed E-state index contributed by atoms with van der Waals surface area (Å²) in [7, 11) is 1.64. The molecule has 1 N–H and O–H groups in total. The lowest BCUT2D eigenvalue weighted by Crippen LogP contribution is -2.40. The Morgan fingerprint density at radius 1 is 1.11 bits per heavy atom. The first-order valence-electron chi connectivity index (χ1n) is 9.10. The second-order valence-corrected chi connectivity index (χ2v) is 6.60. The zero-order valence-electron chi connectivity index (χ0n) is 15.8. The van der Waals surface area contributed by atoms with Gasteiger partial charge in [-0.15, -0.1) is 0 Å². The summed E-state index contributed by atoms with van der Waals surface area (Å²) in [5, 5.41) is 2.89. The van der Waals surface area contributed by atoms with Crippen molar-refractivity contribution in [3.05, 3.63) is 59.7 Å². The Balaban J connectivity index is 1.48. The topological polar surface area (TPSA) is 61.9 Å². The molecular formula is C21H25N3O3. The van der Waals surface area contributed by atoms with E-state index >= 15 is 0 Å². The average Bonchev–Trinajstić information content (AvgIpc) is 3.03. The number of urea groups is 1. The van der Waals surface area contributed by atoms with Gasteiger partial charge in [-0.05, 0) is 37.1 Å². The average molecular weight is 367 g/mol. The maximum Gasteiger partial charge on any atom is 0.325 e. The van der Waals surface area contributed by atoms with E-state index in [-0.39, 0.29) is 18.5 Å². The normalized spacial score (nSPS) is 13.8. The fourth-order valence-corrected chi connectivity index (χ4v) is 3.17. The molecule has 0 bridgehead atoms. The number of rotatable bonds is 7. The van der Waals surface area contributed by atoms with Gasteiger partial charge in [0.05, 0.1) is 7.11 Å². The Kier molecular flexibility index (Phi) is 5.96. The number of ether oxygens (including phenoxy) is 1. The highest BCUT2D eigenvalue weighted by atomic mass is 16.5. The molecule has 6 heteroatoms. The SMILES string of the molecule is COc1ccccc1CCNC(=O)CN1CCN(c2ccc(C)cc2)C1=O. The van der Waals surface area contributed by atoms with Crippen LogP contribution in [0, 0.1) is 6.92 Å². The van der Waals surface area contributed by atoms with Gasteiger partial charge in [-0.3, -0.25) is 9.69 Å². The molecule has 2 aromatic carbocycles. The number of anilines is 1. The van der Waals surface area contributed by atoms with Crippen LogP contribution in [-0.4, -0.2) is 50.1 Å². The highest BCUT2D eigenvalue weighted by molar-refractivity contribution is 5.96. The van der Waals surface area contributed by atoms with Crippen molar-refractivity contribution in [1.29, 1.82) is 0 Å². The molecule has 27 heavy (non-hydrogen) atoms. The van der Waals surface area contributed by atoms with Crippen LogP contribution in [-0.2, 0) is 11.2 Å². The molecule has 6 nitrogen and oxygen atoms in total. The quantitative estimate of drug-likeness (QED) is 0.818. The van der Waals surface area contributed by atoms with E-state index in [0.29, 0.717) is 26.1 Å². The van der Waals surface area contributed by atoms with Crippen molar-refractivity contribution in [3.8, 4) is 5.75 Å². The van der Waals surface area contributed by atoms with Crippen LogP contribution in [0.4, 0.5) is 10.5 Å². The molecule has 0 spiro atoms. The van der Waals surface area contributed by atoms with Crippen LogP contribution >= 0.6 is 0 Å². The van der Waals surface area contributed by atoms with Crippen molar-refractivity contribution in [1.82, 2.24) is 10.2 Å². The van der Waals surface area contributed by atoms with E-state index in [4.69, 9.17) is 4.74 Å². The maximum atomic E-state index is 12.6. The van der Waals surface area contributed by atoms with Gasteiger partial charge in [-0.1, -0.05) is 35.9 Å². The Bertz CT molecular complexity index is 805. The van der Waals surface area contributed by atoms with E-state index in [1.54, 1.807) is 16.9 Å². The van der Waals surface area contributed by atoms with Crippen molar-refractivity contribution in [2.24, 2.45) is 0 Å². The molecular weight excluding hydrogens is 342 g/mol. The van der Waals surface area contributed by atoms with E-state index < -0.39 is 0 Å². The molecule has 1 aliphatic rings. The number of nitrogens with one attached hydrogen (secondary N) is 1. The molecule has 1 saturated heterocycles. The largest absolute Gasteiger partial charge is 0.496 e. The summed E-state index contributed by atoms with van der Waals surface area (Å²) < 4.78 is 5.31. The van der Waals surface area contributed by atoms with Crippen molar-refractivity contribution < 1.29 is 14.3 Å². The number of nitrogens with zero attached hydrogens (tertiary/aromatic N) is 2. The van der Waals surface area contributed by atoms with Crippen LogP contribution < -0.4 is 15.0 Å². The third-order valence-electron chi connectivity index (χ3n) is 4.68. The Morgan fingerprint density at radius 2 is 1.85 bits per heavy atom. The summed E-state index contributed by atoms with van der Waals surface area (Å²) in [5.41, 5.74) is 3.06. The molecule has 3 rings (SSSR count). The van der Waals surface area contributed by atoms with Gasteiger partial charge in [-0.25, -0.2) is 4.79 Å². The minimum Gasteiger partial charge on any atom is -0.496 e. The Morgan fingerprint density at radius 3 is 2.59 bits per heavy atom. The summed E-state index contributed by atoms with van der Waals surface area (Å²) in [4.78, 5) is 28.1. The summed E-state index contributed by atoms with van der Waals surface area (Å²) in [6.07, 6.45) is 0.680. The van der Waals surface area contributed by atoms with Crippen LogP contribution in [0.15, 0.2) is 48.5 Å². The van der Waals surface area contributed by atoms with Crippen molar-refractivity contribution >= 4 is 17.6 Å². The van der Waals surface area contributed by atoms with Gasteiger partial charge >= 0.3 is 6.03 Å². The molecule has 3 amide bonds. The van der Waals surface area contributed by atoms with Crippen LogP contribution in [0.1, 0.15) is 11.1 Å². The number of amides is 3. The number of benzene rings is 2. The number of hydrogen-bond donors (Lipinski definition) is 1. The summed E-state index contributed by atoms with van der Waals surface area (Å²) in [5.74, 6) is 0.666. The first-order valence-corrected chi connectivity index (χ1v) is 9.10. The second kappa shape index (κ2) is 8.58. The second-order valence-electron chi connectivity index (χ2n) is 6.60. The van der Waals surface area contributed by atoms with Crippen LogP contribution in [0.3, 0.4) is 0 Å². The first kappa shape index (κ1) is 18.8. The molecule has 0 saturated carbocycles. The third kappa shape index (κ3) is 4.58. The van der Waals surface area contributed by atoms with Gasteiger partial charge in [0.2, 0.25) is 5.91 Å². The lowest BCUT2D eigenvalue weighted by molar-refractivity contribution is -0.121. The molecule has 0 atom stereocenters. The number of aryl methyl sites for hydroxylation is 1. The van der Waals surface area contributed by atoms with Gasteiger partial charge in [-0.2, -0.15) is 0 Å². The molecule has 1 fully saturated rings. The number of carbonyl (C=O) groups is 2. The predicted octanol–water partition coefficient (Wildman–Crippen LogP) is 2.60. The van der Waals surface area contributed by atoms with Crippen molar-refractivity contribution in [3.63, 3.8) is 0 Å². The van der Waals surface area contributed by atoms with Gasteiger partial charge in [0.1, 0.15) is 12.3 Å². The Labute approximate surface area is 159 Å². The van der Waals surface area contributed by atoms with Crippen LogP contribution in [0.2, 0.25) is 0 Å². The standard InChI is InChI=1S/C21H25N3O3/c1-16-7-9-18(10-8-16)24-14-13-23(21(24)26)15-20(25)22-12-11-17-5-3-4-6-19(17)27-2/h3-10H,11-15H2,1-2H3,(H,22,25). The molecule has 1 aliphatic heterocycles. The Hall–Kier alpha value is -3.02. The first-order chi connectivity index (χ1) is 13.1. The lowest BCUT2D eigenvalue weighted by atomic mass is 10.1. The maximum absolute atomic E-state index is 12.6. The summed E-state index contributed by atoms with van der Waals surface area (Å²) in [6, 6.07) is 15.5. The van der Waals surface area contributed by atoms with Crippen molar-refractivity contribution in [2.45, 2.75) is 13.3 Å². The van der Waals surface area contributed by atoms with Gasteiger partial charge < -0.3 is 15.0 Å². The zero-order chi connectivity index (χ0) is 19.2. The van der Waals surface area contributed by atoms with E-state index in [1.807, 2.05) is 55.5 Å². The zero-order valence-corrected chi connectivity index (χ0v) is 15.8. The number of carbonyl (C=O) groups excluding carboxylic acids is 2. The summed E-state index contributed by atoms with van der Waals surface area (Å²) in [6.45, 7) is 3.73. The van der Waals surface area contributed by atoms with E-state index in [1.165, 1.54) is 0 Å². The minimum absolute atomic E-state index is 0.0765. The van der Waals surface area contributed by atoms with E-state index in [2.05, 4.69) is 5.32 Å². The molecule has 0 aromatic heterocycles. The predicted molar refractivity (Wildman–Crippen MR) is 105 cm³/mol. The van der Waals surface area contributed by atoms with Gasteiger partial charge in [0.25, 0.3) is 0 Å². The molecule has 0 radical (unpaired) electrons. The number of hydrogen-bond acceptors (Lipinski definition) is 3. The van der Waals surface area contributed by atoms with Crippen LogP contribution in [0.5, 0.6) is 5.75 Å². The summed E-state index contributed by atoms with van der Waals surface area (Å²) >= 11 is 0. The fourth-order valence-electron chi connectivity index (χ4n) is 3.17. The van der Waals surface area contributed by atoms with Crippen molar-refractivity contribution in [2.75, 3.05) is 38.2 Å². The van der Waals surface area contributed by atoms with Gasteiger partial charge in [0, 0.05) is 25.3 Å². The molecule has 0 unspecified atom stereocenters. The van der Waals surface area contributed by atoms with Crippen LogP contribution in [0.25, 0.3) is 0 Å². The highest BCUT2D eigenvalue weighted by Gasteiger charge is 2.30. The lowest BCUT2D eigenvalue weighted by Gasteiger charge is -2.18. The third-order valence-corrected chi connectivity index (χ3v) is 4.68. The monoisotopic (exact) mass is 367 g/mol. The smallest absolute Gasteiger partial charge is 0.325 e. The van der Waals surface area contributed by atoms with E-state index in [9.17, 15) is 9.59 Å². The molecule has 1 heterocycles. The van der Waals surface area contributed by atoms with Gasteiger partial charge in [0.15, 0.2) is 0 Å². The molecule has 0 aliphatic carbocycles. The van der Waals surface area contributed by atoms with E-state index in [0.717, 1.165) is 22.6 Å². The number of methoxy groups -OCH3 is 1. The highest BCUT2D eigenvalue weighted by Crippen LogP contribution is 2.20. The molecule has 142 valence electrons. The number of para-hydroxylation sites is 1. The minimum atomic E-state index is -0.149. The fraction of sp³-hybridized carbons (Fsp3) is 0.333. The molecule has 2 aromatic rings.